The monoisotopic (exact) mass is 252 g/mol. The van der Waals surface area contributed by atoms with E-state index in [1.165, 1.54) is 0 Å². The van der Waals surface area contributed by atoms with E-state index in [2.05, 4.69) is 5.32 Å². The normalized spacial score (nSPS) is 16.3. The van der Waals surface area contributed by atoms with Crippen LogP contribution in [0.1, 0.15) is 12.8 Å². The van der Waals surface area contributed by atoms with Gasteiger partial charge in [-0.2, -0.15) is 0 Å². The second kappa shape index (κ2) is 5.82. The molecular weight excluding hydrogens is 232 g/mol. The van der Waals surface area contributed by atoms with Gasteiger partial charge in [-0.05, 0) is 25.9 Å². The molecule has 0 radical (unpaired) electrons. The summed E-state index contributed by atoms with van der Waals surface area (Å²) in [6.45, 7) is 1.95. The van der Waals surface area contributed by atoms with Gasteiger partial charge in [0.15, 0.2) is 11.5 Å². The number of hydrogen-bond donors (Lipinski definition) is 2. The Bertz CT molecular complexity index is 378. The van der Waals surface area contributed by atoms with Crippen molar-refractivity contribution in [2.75, 3.05) is 33.0 Å². The standard InChI is InChI=1S/C13H20N2O3/c1-16-11-7-9(14)8-12(17-2)13(11)18-10-3-5-15-6-4-10/h7-8,10,15H,3-6,14H2,1-2H3. The number of nitrogens with one attached hydrogen (secondary N) is 1. The lowest BCUT2D eigenvalue weighted by molar-refractivity contribution is 0.151. The summed E-state index contributed by atoms with van der Waals surface area (Å²) in [5.74, 6) is 1.87. The summed E-state index contributed by atoms with van der Waals surface area (Å²) in [4.78, 5) is 0. The minimum Gasteiger partial charge on any atom is -0.493 e. The zero-order valence-corrected chi connectivity index (χ0v) is 10.9. The smallest absolute Gasteiger partial charge is 0.203 e. The number of hydrogen-bond acceptors (Lipinski definition) is 5. The van der Waals surface area contributed by atoms with E-state index in [-0.39, 0.29) is 6.10 Å². The Hall–Kier alpha value is -1.62. The fourth-order valence-corrected chi connectivity index (χ4v) is 2.10. The number of piperidine rings is 1. The summed E-state index contributed by atoms with van der Waals surface area (Å²) in [6, 6.07) is 3.50. The number of nitrogens with two attached hydrogens (primary N) is 1. The maximum atomic E-state index is 6.01. The molecule has 1 fully saturated rings. The van der Waals surface area contributed by atoms with Gasteiger partial charge in [0.1, 0.15) is 6.10 Å². The lowest BCUT2D eigenvalue weighted by Crippen LogP contribution is -2.34. The number of nitrogen functional groups attached to an aromatic ring is 1. The van der Waals surface area contributed by atoms with Gasteiger partial charge in [0, 0.05) is 17.8 Å². The predicted octanol–water partition coefficient (Wildman–Crippen LogP) is 1.42. The van der Waals surface area contributed by atoms with E-state index in [9.17, 15) is 0 Å². The van der Waals surface area contributed by atoms with Gasteiger partial charge in [-0.15, -0.1) is 0 Å². The third-order valence-electron chi connectivity index (χ3n) is 3.05. The lowest BCUT2D eigenvalue weighted by Gasteiger charge is -2.25. The third-order valence-corrected chi connectivity index (χ3v) is 3.05. The van der Waals surface area contributed by atoms with Crippen LogP contribution in [0.5, 0.6) is 17.2 Å². The van der Waals surface area contributed by atoms with Crippen molar-refractivity contribution in [2.24, 2.45) is 0 Å². The molecule has 0 amide bonds. The second-order valence-corrected chi connectivity index (χ2v) is 4.32. The van der Waals surface area contributed by atoms with E-state index < -0.39 is 0 Å². The van der Waals surface area contributed by atoms with Crippen LogP contribution in [0.25, 0.3) is 0 Å². The van der Waals surface area contributed by atoms with E-state index in [1.54, 1.807) is 26.4 Å². The Kier molecular flexibility index (Phi) is 4.15. The van der Waals surface area contributed by atoms with Crippen LogP contribution in [0.15, 0.2) is 12.1 Å². The van der Waals surface area contributed by atoms with E-state index >= 15 is 0 Å². The molecule has 0 saturated carbocycles. The average Bonchev–Trinajstić information content (AvgIpc) is 2.41. The molecule has 0 spiro atoms. The Morgan fingerprint density at radius 3 is 2.17 bits per heavy atom. The molecule has 2 rings (SSSR count). The highest BCUT2D eigenvalue weighted by atomic mass is 16.5. The summed E-state index contributed by atoms with van der Waals surface area (Å²) in [7, 11) is 3.20. The van der Waals surface area contributed by atoms with Crippen molar-refractivity contribution in [1.29, 1.82) is 0 Å². The van der Waals surface area contributed by atoms with E-state index in [1.807, 2.05) is 0 Å². The summed E-state index contributed by atoms with van der Waals surface area (Å²) in [5.41, 5.74) is 6.39. The second-order valence-electron chi connectivity index (χ2n) is 4.32. The van der Waals surface area contributed by atoms with Gasteiger partial charge < -0.3 is 25.3 Å². The van der Waals surface area contributed by atoms with E-state index in [0.29, 0.717) is 22.9 Å². The van der Waals surface area contributed by atoms with Crippen LogP contribution in [0, 0.1) is 0 Å². The maximum Gasteiger partial charge on any atom is 0.203 e. The predicted molar refractivity (Wildman–Crippen MR) is 70.5 cm³/mol. The first-order valence-corrected chi connectivity index (χ1v) is 6.13. The number of benzene rings is 1. The molecule has 100 valence electrons. The van der Waals surface area contributed by atoms with Gasteiger partial charge in [-0.1, -0.05) is 0 Å². The molecule has 0 atom stereocenters. The van der Waals surface area contributed by atoms with Gasteiger partial charge in [0.05, 0.1) is 14.2 Å². The zero-order chi connectivity index (χ0) is 13.0. The first-order valence-electron chi connectivity index (χ1n) is 6.13. The summed E-state index contributed by atoms with van der Waals surface area (Å²) < 4.78 is 16.6. The summed E-state index contributed by atoms with van der Waals surface area (Å²) >= 11 is 0. The highest BCUT2D eigenvalue weighted by Crippen LogP contribution is 2.40. The van der Waals surface area contributed by atoms with Crippen molar-refractivity contribution in [3.63, 3.8) is 0 Å². The van der Waals surface area contributed by atoms with Gasteiger partial charge in [-0.3, -0.25) is 0 Å². The molecule has 1 saturated heterocycles. The highest BCUT2D eigenvalue weighted by Gasteiger charge is 2.20. The maximum absolute atomic E-state index is 6.01. The topological polar surface area (TPSA) is 65.7 Å². The van der Waals surface area contributed by atoms with Crippen LogP contribution in [0.3, 0.4) is 0 Å². The summed E-state index contributed by atoms with van der Waals surface area (Å²) in [5, 5.41) is 3.30. The van der Waals surface area contributed by atoms with Crippen LogP contribution in [0.4, 0.5) is 5.69 Å². The van der Waals surface area contributed by atoms with Gasteiger partial charge >= 0.3 is 0 Å². The lowest BCUT2D eigenvalue weighted by atomic mass is 10.1. The van der Waals surface area contributed by atoms with Crippen LogP contribution < -0.4 is 25.3 Å². The van der Waals surface area contributed by atoms with Gasteiger partial charge in [-0.25, -0.2) is 0 Å². The molecule has 1 heterocycles. The van der Waals surface area contributed by atoms with Crippen LogP contribution in [-0.2, 0) is 0 Å². The largest absolute Gasteiger partial charge is 0.493 e. The zero-order valence-electron chi connectivity index (χ0n) is 10.9. The molecule has 1 aliphatic rings. The number of methoxy groups -OCH3 is 2. The fourth-order valence-electron chi connectivity index (χ4n) is 2.10. The van der Waals surface area contributed by atoms with Crippen molar-refractivity contribution < 1.29 is 14.2 Å². The Morgan fingerprint density at radius 2 is 1.67 bits per heavy atom. The molecule has 5 heteroatoms. The van der Waals surface area contributed by atoms with Crippen LogP contribution in [-0.4, -0.2) is 33.4 Å². The minimum atomic E-state index is 0.192. The van der Waals surface area contributed by atoms with E-state index in [0.717, 1.165) is 25.9 Å². The minimum absolute atomic E-state index is 0.192. The average molecular weight is 252 g/mol. The Labute approximate surface area is 107 Å². The Balaban J connectivity index is 2.23. The quantitative estimate of drug-likeness (QED) is 0.793. The first kappa shape index (κ1) is 12.8. The molecule has 1 aromatic rings. The van der Waals surface area contributed by atoms with E-state index in [4.69, 9.17) is 19.9 Å². The molecule has 3 N–H and O–H groups in total. The Morgan fingerprint density at radius 1 is 1.11 bits per heavy atom. The van der Waals surface area contributed by atoms with Crippen molar-refractivity contribution in [1.82, 2.24) is 5.32 Å². The molecule has 0 aromatic heterocycles. The van der Waals surface area contributed by atoms with Crippen LogP contribution in [0.2, 0.25) is 0 Å². The molecule has 1 aliphatic heterocycles. The number of anilines is 1. The van der Waals surface area contributed by atoms with Gasteiger partial charge in [0.25, 0.3) is 0 Å². The van der Waals surface area contributed by atoms with Gasteiger partial charge in [0.2, 0.25) is 5.75 Å². The molecule has 18 heavy (non-hydrogen) atoms. The summed E-state index contributed by atoms with van der Waals surface area (Å²) in [6.07, 6.45) is 2.16. The molecule has 0 bridgehead atoms. The first-order chi connectivity index (χ1) is 8.74. The highest BCUT2D eigenvalue weighted by molar-refractivity contribution is 5.60. The molecule has 5 nitrogen and oxygen atoms in total. The van der Waals surface area contributed by atoms with Crippen molar-refractivity contribution >= 4 is 5.69 Å². The number of rotatable bonds is 4. The molecule has 0 unspecified atom stereocenters. The van der Waals surface area contributed by atoms with Crippen molar-refractivity contribution in [2.45, 2.75) is 18.9 Å². The van der Waals surface area contributed by atoms with Crippen molar-refractivity contribution in [3.8, 4) is 17.2 Å². The molecule has 1 aromatic carbocycles. The molecular formula is C13H20N2O3. The number of ether oxygens (including phenoxy) is 3. The van der Waals surface area contributed by atoms with Crippen molar-refractivity contribution in [3.05, 3.63) is 12.1 Å². The molecule has 0 aliphatic carbocycles. The fraction of sp³-hybridized carbons (Fsp3) is 0.538. The third kappa shape index (κ3) is 2.79. The van der Waals surface area contributed by atoms with Crippen LogP contribution >= 0.6 is 0 Å². The SMILES string of the molecule is COc1cc(N)cc(OC)c1OC1CCNCC1.